The number of pyridine rings is 2. The van der Waals surface area contributed by atoms with E-state index in [4.69, 9.17) is 9.84 Å². The Bertz CT molecular complexity index is 2230. The molecule has 2 saturated heterocycles. The molecule has 3 fully saturated rings. The van der Waals surface area contributed by atoms with Gasteiger partial charge >= 0.3 is 12.2 Å². The second kappa shape index (κ2) is 13.8. The van der Waals surface area contributed by atoms with Gasteiger partial charge in [0.15, 0.2) is 0 Å². The molecule has 0 unspecified atom stereocenters. The van der Waals surface area contributed by atoms with Gasteiger partial charge in [0.1, 0.15) is 17.1 Å². The maximum absolute atomic E-state index is 13.1. The number of carbonyl (C=O) groups is 3. The highest BCUT2D eigenvalue weighted by atomic mass is 19.4. The van der Waals surface area contributed by atoms with Crippen molar-refractivity contribution in [3.63, 3.8) is 0 Å². The van der Waals surface area contributed by atoms with E-state index >= 15 is 0 Å². The van der Waals surface area contributed by atoms with Crippen molar-refractivity contribution >= 4 is 50.9 Å². The number of rotatable bonds is 8. The minimum atomic E-state index is -4.66. The fourth-order valence-corrected chi connectivity index (χ4v) is 7.75. The van der Waals surface area contributed by atoms with Gasteiger partial charge in [-0.15, -0.1) is 0 Å². The third-order valence-electron chi connectivity index (χ3n) is 10.6. The molecule has 274 valence electrons. The molecule has 2 aromatic carbocycles. The summed E-state index contributed by atoms with van der Waals surface area (Å²) in [7, 11) is 1.45. The van der Waals surface area contributed by atoms with Crippen LogP contribution in [0.3, 0.4) is 0 Å². The van der Waals surface area contributed by atoms with E-state index in [9.17, 15) is 27.6 Å². The van der Waals surface area contributed by atoms with Gasteiger partial charge < -0.3 is 15.0 Å². The molecule has 3 aliphatic rings. The molecule has 3 aromatic heterocycles. The van der Waals surface area contributed by atoms with Gasteiger partial charge in [-0.1, -0.05) is 18.2 Å². The Morgan fingerprint density at radius 1 is 1.02 bits per heavy atom. The van der Waals surface area contributed by atoms with E-state index in [0.717, 1.165) is 73.6 Å². The molecule has 5 aromatic rings. The number of benzene rings is 2. The number of aromatic nitrogens is 4. The molecule has 2 N–H and O–H groups in total. The SMILES string of the molecule is COc1cc2nn(C3CC(CN4CCC(c5ccc6c(N7CCC(=O)NC7=O)cncc6c5)CC4)C3)cc2cc1NC(=O)c1cccc(C(F)(F)F)n1. The summed E-state index contributed by atoms with van der Waals surface area (Å²) in [4.78, 5) is 48.9. The summed E-state index contributed by atoms with van der Waals surface area (Å²) in [6, 6.07) is 12.9. The second-order valence-electron chi connectivity index (χ2n) is 14.0. The highest BCUT2D eigenvalue weighted by molar-refractivity contribution is 6.09. The molecule has 12 nitrogen and oxygen atoms in total. The summed E-state index contributed by atoms with van der Waals surface area (Å²) in [5, 5.41) is 12.5. The second-order valence-corrected chi connectivity index (χ2v) is 14.0. The predicted molar refractivity (Wildman–Crippen MR) is 191 cm³/mol. The molecule has 2 aliphatic heterocycles. The lowest BCUT2D eigenvalue weighted by Gasteiger charge is -2.41. The summed E-state index contributed by atoms with van der Waals surface area (Å²) in [5.41, 5.74) is 1.49. The number of hydrogen-bond donors (Lipinski definition) is 2. The van der Waals surface area contributed by atoms with Crippen LogP contribution in [0.25, 0.3) is 21.7 Å². The number of urea groups is 1. The minimum absolute atomic E-state index is 0.246. The number of amides is 4. The largest absolute Gasteiger partial charge is 0.494 e. The summed E-state index contributed by atoms with van der Waals surface area (Å²) < 4.78 is 46.8. The monoisotopic (exact) mass is 726 g/mol. The fourth-order valence-electron chi connectivity index (χ4n) is 7.75. The lowest BCUT2D eigenvalue weighted by Crippen LogP contribution is -2.49. The number of halogens is 3. The van der Waals surface area contributed by atoms with Crippen molar-refractivity contribution in [1.29, 1.82) is 0 Å². The number of piperidine rings is 1. The van der Waals surface area contributed by atoms with E-state index in [-0.39, 0.29) is 24.1 Å². The quantitative estimate of drug-likeness (QED) is 0.184. The van der Waals surface area contributed by atoms with Gasteiger partial charge in [0.05, 0.1) is 36.2 Å². The smallest absolute Gasteiger partial charge is 0.433 e. The number of anilines is 2. The zero-order valence-corrected chi connectivity index (χ0v) is 28.9. The lowest BCUT2D eigenvalue weighted by atomic mass is 9.79. The molecular formula is C38H37F3N8O4. The average molecular weight is 727 g/mol. The summed E-state index contributed by atoms with van der Waals surface area (Å²) in [6.07, 6.45) is 5.15. The highest BCUT2D eigenvalue weighted by Crippen LogP contribution is 2.41. The minimum Gasteiger partial charge on any atom is -0.494 e. The third-order valence-corrected chi connectivity index (χ3v) is 10.6. The Morgan fingerprint density at radius 3 is 2.58 bits per heavy atom. The van der Waals surface area contributed by atoms with Crippen LogP contribution in [0.1, 0.15) is 65.8 Å². The van der Waals surface area contributed by atoms with E-state index in [1.54, 1.807) is 23.2 Å². The number of nitrogens with one attached hydrogen (secondary N) is 2. The first-order valence-electron chi connectivity index (χ1n) is 17.7. The first kappa shape index (κ1) is 34.5. The number of alkyl halides is 3. The van der Waals surface area contributed by atoms with E-state index < -0.39 is 23.8 Å². The molecule has 0 bridgehead atoms. The van der Waals surface area contributed by atoms with Crippen LogP contribution in [0.4, 0.5) is 29.3 Å². The maximum atomic E-state index is 13.1. The first-order valence-corrected chi connectivity index (χ1v) is 17.7. The Morgan fingerprint density at radius 2 is 1.83 bits per heavy atom. The number of ether oxygens (including phenoxy) is 1. The van der Waals surface area contributed by atoms with Gasteiger partial charge in [-0.3, -0.25) is 29.5 Å². The average Bonchev–Trinajstić information content (AvgIpc) is 3.54. The van der Waals surface area contributed by atoms with Crippen molar-refractivity contribution in [3.05, 3.63) is 84.1 Å². The predicted octanol–water partition coefficient (Wildman–Crippen LogP) is 6.54. The molecule has 0 atom stereocenters. The molecule has 15 heteroatoms. The molecule has 4 amide bonds. The summed E-state index contributed by atoms with van der Waals surface area (Å²) in [5.74, 6) is 0.295. The molecule has 0 spiro atoms. The van der Waals surface area contributed by atoms with Gasteiger partial charge in [-0.05, 0) is 80.4 Å². The maximum Gasteiger partial charge on any atom is 0.433 e. The van der Waals surface area contributed by atoms with Crippen LogP contribution in [0.15, 0.2) is 67.1 Å². The van der Waals surface area contributed by atoms with Crippen LogP contribution in [0.2, 0.25) is 0 Å². The molecule has 53 heavy (non-hydrogen) atoms. The molecule has 1 saturated carbocycles. The van der Waals surface area contributed by atoms with E-state index in [2.05, 4.69) is 43.7 Å². The molecule has 5 heterocycles. The number of hydrogen-bond acceptors (Lipinski definition) is 8. The van der Waals surface area contributed by atoms with Crippen LogP contribution < -0.4 is 20.3 Å². The van der Waals surface area contributed by atoms with Crippen molar-refractivity contribution in [2.45, 2.75) is 50.2 Å². The van der Waals surface area contributed by atoms with Crippen molar-refractivity contribution < 1.29 is 32.3 Å². The topological polar surface area (TPSA) is 135 Å². The van der Waals surface area contributed by atoms with Crippen LogP contribution in [-0.2, 0) is 11.0 Å². The van der Waals surface area contributed by atoms with E-state index in [1.807, 2.05) is 17.1 Å². The Balaban J connectivity index is 0.857. The van der Waals surface area contributed by atoms with E-state index in [0.29, 0.717) is 41.0 Å². The zero-order chi connectivity index (χ0) is 36.9. The molecular weight excluding hydrogens is 689 g/mol. The van der Waals surface area contributed by atoms with Gasteiger partial charge in [0.2, 0.25) is 5.91 Å². The number of fused-ring (bicyclic) bond motifs is 2. The number of likely N-dealkylation sites (tertiary alicyclic amines) is 1. The number of imide groups is 1. The lowest BCUT2D eigenvalue weighted by molar-refractivity contribution is -0.141. The van der Waals surface area contributed by atoms with Crippen LogP contribution in [0.5, 0.6) is 5.75 Å². The first-order chi connectivity index (χ1) is 25.5. The van der Waals surface area contributed by atoms with Crippen LogP contribution in [-0.4, -0.2) is 75.8 Å². The summed E-state index contributed by atoms with van der Waals surface area (Å²) in [6.45, 7) is 3.39. The molecule has 8 rings (SSSR count). The van der Waals surface area contributed by atoms with Crippen molar-refractivity contribution in [2.75, 3.05) is 43.5 Å². The van der Waals surface area contributed by atoms with Gasteiger partial charge in [-0.25, -0.2) is 9.78 Å². The third kappa shape index (κ3) is 7.00. The number of nitrogens with zero attached hydrogens (tertiary/aromatic N) is 6. The van der Waals surface area contributed by atoms with E-state index in [1.165, 1.54) is 18.7 Å². The van der Waals surface area contributed by atoms with Crippen molar-refractivity contribution in [1.82, 2.24) is 30.0 Å². The van der Waals surface area contributed by atoms with Gasteiger partial charge in [0, 0.05) is 54.1 Å². The van der Waals surface area contributed by atoms with Gasteiger partial charge in [0.25, 0.3) is 5.91 Å². The van der Waals surface area contributed by atoms with Gasteiger partial charge in [-0.2, -0.15) is 18.3 Å². The fraction of sp³-hybridized carbons (Fsp3) is 0.368. The zero-order valence-electron chi connectivity index (χ0n) is 28.9. The standard InChI is InChI=1S/C38H37F3N8O4/c1-53-33-17-30-26(16-31(33)44-36(51)29-3-2-4-34(43-29)38(39,40)41)21-49(46-30)27-13-22(14-27)20-47-10-7-23(8-11-47)24-5-6-28-25(15-24)18-42-19-32(28)48-12-9-35(50)45-37(48)52/h2-6,15-19,21-23,27H,7-14,20H2,1H3,(H,44,51)(H,45,50,52). The molecule has 0 radical (unpaired) electrons. The molecule has 1 aliphatic carbocycles. The normalized spacial score (nSPS) is 20.0. The Kier molecular flexibility index (Phi) is 8.96. The number of carbonyl (C=O) groups excluding carboxylic acids is 3. The van der Waals surface area contributed by atoms with Crippen molar-refractivity contribution in [2.24, 2.45) is 5.92 Å². The van der Waals surface area contributed by atoms with Crippen LogP contribution >= 0.6 is 0 Å². The van der Waals surface area contributed by atoms with Crippen molar-refractivity contribution in [3.8, 4) is 5.75 Å². The number of methoxy groups -OCH3 is 1. The highest BCUT2D eigenvalue weighted by Gasteiger charge is 2.35. The van der Waals surface area contributed by atoms with Crippen LogP contribution in [0, 0.1) is 5.92 Å². The Hall–Kier alpha value is -5.57. The Labute approximate surface area is 302 Å². The summed E-state index contributed by atoms with van der Waals surface area (Å²) >= 11 is 0.